The summed E-state index contributed by atoms with van der Waals surface area (Å²) >= 11 is 1.04. The number of esters is 1. The third kappa shape index (κ3) is 4.03. The highest BCUT2D eigenvalue weighted by Crippen LogP contribution is 2.23. The molecular weight excluding hydrogens is 290 g/mol. The highest BCUT2D eigenvalue weighted by atomic mass is 32.2. The van der Waals surface area contributed by atoms with E-state index < -0.39 is 11.9 Å². The molecule has 0 saturated carbocycles. The molecule has 0 spiro atoms. The predicted octanol–water partition coefficient (Wildman–Crippen LogP) is 1.69. The summed E-state index contributed by atoms with van der Waals surface area (Å²) in [6.07, 6.45) is 1.12. The molecule has 1 aromatic rings. The minimum atomic E-state index is -0.585. The lowest BCUT2D eigenvalue weighted by Crippen LogP contribution is -2.19. The monoisotopic (exact) mass is 303 g/mol. The molecule has 1 saturated heterocycles. The van der Waals surface area contributed by atoms with Crippen molar-refractivity contribution in [3.8, 4) is 0 Å². The van der Waals surface area contributed by atoms with Gasteiger partial charge in [0, 0.05) is 6.08 Å². The van der Waals surface area contributed by atoms with Gasteiger partial charge in [0.2, 0.25) is 0 Å². The summed E-state index contributed by atoms with van der Waals surface area (Å²) in [6.45, 7) is 1.83. The number of amides is 1. The quantitative estimate of drug-likeness (QED) is 0.399. The van der Waals surface area contributed by atoms with E-state index in [1.54, 1.807) is 0 Å². The van der Waals surface area contributed by atoms with Crippen LogP contribution in [0.5, 0.6) is 0 Å². The number of benzene rings is 1. The number of methoxy groups -OCH3 is 1. The molecule has 1 fully saturated rings. The van der Waals surface area contributed by atoms with E-state index in [4.69, 9.17) is 0 Å². The van der Waals surface area contributed by atoms with Gasteiger partial charge in [0.15, 0.2) is 5.17 Å². The van der Waals surface area contributed by atoms with Crippen molar-refractivity contribution in [1.29, 1.82) is 0 Å². The van der Waals surface area contributed by atoms with Gasteiger partial charge in [0.25, 0.3) is 5.91 Å². The Morgan fingerprint density at radius 3 is 2.71 bits per heavy atom. The minimum absolute atomic E-state index is 0.230. The van der Waals surface area contributed by atoms with Gasteiger partial charge in [-0.25, -0.2) is 4.79 Å². The SMILES string of the molecule is COC(=O)/C=C1\S/C(=N\N=C(\C)c2ccccc2)NC1=O. The molecule has 0 atom stereocenters. The van der Waals surface area contributed by atoms with Crippen molar-refractivity contribution < 1.29 is 14.3 Å². The summed E-state index contributed by atoms with van der Waals surface area (Å²) in [5.74, 6) is -0.977. The van der Waals surface area contributed by atoms with Gasteiger partial charge in [-0.15, -0.1) is 5.10 Å². The van der Waals surface area contributed by atoms with Crippen LogP contribution in [0.25, 0.3) is 0 Å². The minimum Gasteiger partial charge on any atom is -0.466 e. The summed E-state index contributed by atoms with van der Waals surface area (Å²) in [7, 11) is 1.25. The van der Waals surface area contributed by atoms with Crippen molar-refractivity contribution in [3.05, 3.63) is 46.9 Å². The number of thioether (sulfide) groups is 1. The van der Waals surface area contributed by atoms with Crippen molar-refractivity contribution in [2.24, 2.45) is 10.2 Å². The Labute approximate surface area is 126 Å². The Kier molecular flexibility index (Phi) is 4.89. The van der Waals surface area contributed by atoms with Crippen LogP contribution in [0, 0.1) is 0 Å². The van der Waals surface area contributed by atoms with Gasteiger partial charge in [-0.05, 0) is 24.2 Å². The van der Waals surface area contributed by atoms with Crippen molar-refractivity contribution in [2.75, 3.05) is 7.11 Å². The van der Waals surface area contributed by atoms with Crippen LogP contribution < -0.4 is 5.32 Å². The zero-order valence-electron chi connectivity index (χ0n) is 11.5. The van der Waals surface area contributed by atoms with Crippen LogP contribution in [0.1, 0.15) is 12.5 Å². The van der Waals surface area contributed by atoms with Gasteiger partial charge < -0.3 is 4.74 Å². The second-order valence-electron chi connectivity index (χ2n) is 4.04. The summed E-state index contributed by atoms with van der Waals surface area (Å²) in [5.41, 5.74) is 1.67. The van der Waals surface area contributed by atoms with E-state index in [9.17, 15) is 9.59 Å². The number of rotatable bonds is 3. The molecule has 1 aliphatic rings. The first-order valence-corrected chi connectivity index (χ1v) is 6.88. The molecule has 0 aromatic heterocycles. The summed E-state index contributed by atoms with van der Waals surface area (Å²) in [4.78, 5) is 23.0. The smallest absolute Gasteiger partial charge is 0.331 e. The largest absolute Gasteiger partial charge is 0.466 e. The zero-order valence-corrected chi connectivity index (χ0v) is 12.3. The van der Waals surface area contributed by atoms with Crippen LogP contribution in [-0.4, -0.2) is 29.9 Å². The molecule has 7 heteroatoms. The number of nitrogens with zero attached hydrogens (tertiary/aromatic N) is 2. The fourth-order valence-corrected chi connectivity index (χ4v) is 2.23. The van der Waals surface area contributed by atoms with Crippen molar-refractivity contribution in [3.63, 3.8) is 0 Å². The third-order valence-corrected chi connectivity index (χ3v) is 3.48. The predicted molar refractivity (Wildman–Crippen MR) is 81.9 cm³/mol. The topological polar surface area (TPSA) is 80.1 Å². The molecule has 21 heavy (non-hydrogen) atoms. The Hall–Kier alpha value is -2.41. The second-order valence-corrected chi connectivity index (χ2v) is 5.08. The normalized spacial score (nSPS) is 19.0. The molecule has 1 N–H and O–H groups in total. The lowest BCUT2D eigenvalue weighted by molar-refractivity contribution is -0.135. The number of carbonyl (C=O) groups excluding carboxylic acids is 2. The summed E-state index contributed by atoms with van der Waals surface area (Å²) in [5, 5.41) is 10.9. The van der Waals surface area contributed by atoms with Crippen LogP contribution in [0.2, 0.25) is 0 Å². The first kappa shape index (κ1) is 15.0. The molecule has 1 amide bonds. The summed E-state index contributed by atoms with van der Waals surface area (Å²) in [6, 6.07) is 9.57. The Morgan fingerprint density at radius 2 is 2.05 bits per heavy atom. The molecule has 0 bridgehead atoms. The highest BCUT2D eigenvalue weighted by Gasteiger charge is 2.25. The molecule has 0 aliphatic carbocycles. The van der Waals surface area contributed by atoms with E-state index in [0.29, 0.717) is 5.17 Å². The number of amidine groups is 1. The zero-order chi connectivity index (χ0) is 15.2. The van der Waals surface area contributed by atoms with Crippen molar-refractivity contribution >= 4 is 34.5 Å². The van der Waals surface area contributed by atoms with Crippen LogP contribution in [0.15, 0.2) is 51.5 Å². The van der Waals surface area contributed by atoms with E-state index in [1.807, 2.05) is 37.3 Å². The molecule has 1 aromatic carbocycles. The third-order valence-electron chi connectivity index (χ3n) is 2.58. The lowest BCUT2D eigenvalue weighted by atomic mass is 10.1. The number of carbonyl (C=O) groups is 2. The van der Waals surface area contributed by atoms with E-state index >= 15 is 0 Å². The Balaban J connectivity index is 2.12. The van der Waals surface area contributed by atoms with Crippen LogP contribution in [-0.2, 0) is 14.3 Å². The molecule has 6 nitrogen and oxygen atoms in total. The van der Waals surface area contributed by atoms with Gasteiger partial charge in [-0.2, -0.15) is 5.10 Å². The molecule has 108 valence electrons. The van der Waals surface area contributed by atoms with Crippen molar-refractivity contribution in [1.82, 2.24) is 5.32 Å². The van der Waals surface area contributed by atoms with Gasteiger partial charge in [0.1, 0.15) is 0 Å². The van der Waals surface area contributed by atoms with Gasteiger partial charge in [0.05, 0.1) is 17.7 Å². The van der Waals surface area contributed by atoms with E-state index in [-0.39, 0.29) is 4.91 Å². The van der Waals surface area contributed by atoms with E-state index in [2.05, 4.69) is 20.3 Å². The second kappa shape index (κ2) is 6.85. The standard InChI is InChI=1S/C14H13N3O3S/c1-9(10-6-4-3-5-7-10)16-17-14-15-13(19)11(21-14)8-12(18)20-2/h3-8H,1-2H3,(H,15,17,19)/b11-8-,16-9-. The van der Waals surface area contributed by atoms with Crippen LogP contribution >= 0.6 is 11.8 Å². The molecule has 1 aliphatic heterocycles. The van der Waals surface area contributed by atoms with Crippen LogP contribution in [0.3, 0.4) is 0 Å². The molecule has 2 rings (SSSR count). The number of hydrogen-bond donors (Lipinski definition) is 1. The van der Waals surface area contributed by atoms with Crippen molar-refractivity contribution in [2.45, 2.75) is 6.92 Å². The van der Waals surface area contributed by atoms with Gasteiger partial charge in [-0.3, -0.25) is 10.1 Å². The van der Waals surface area contributed by atoms with Crippen LogP contribution in [0.4, 0.5) is 0 Å². The number of ether oxygens (including phenoxy) is 1. The lowest BCUT2D eigenvalue weighted by Gasteiger charge is -1.97. The van der Waals surface area contributed by atoms with E-state index in [0.717, 1.165) is 29.1 Å². The molecule has 1 heterocycles. The fraction of sp³-hybridized carbons (Fsp3) is 0.143. The maximum Gasteiger partial charge on any atom is 0.331 e. The molecule has 0 unspecified atom stereocenters. The summed E-state index contributed by atoms with van der Waals surface area (Å²) < 4.78 is 4.48. The average molecular weight is 303 g/mol. The highest BCUT2D eigenvalue weighted by molar-refractivity contribution is 8.18. The fourth-order valence-electron chi connectivity index (χ4n) is 1.50. The van der Waals surface area contributed by atoms with Gasteiger partial charge >= 0.3 is 5.97 Å². The average Bonchev–Trinajstić information content (AvgIpc) is 2.85. The maximum absolute atomic E-state index is 11.6. The Morgan fingerprint density at radius 1 is 1.33 bits per heavy atom. The first-order chi connectivity index (χ1) is 10.1. The van der Waals surface area contributed by atoms with E-state index in [1.165, 1.54) is 7.11 Å². The molecular formula is C14H13N3O3S. The van der Waals surface area contributed by atoms with Gasteiger partial charge in [-0.1, -0.05) is 30.3 Å². The molecule has 0 radical (unpaired) electrons. The number of hydrogen-bond acceptors (Lipinski definition) is 6. The number of nitrogens with one attached hydrogen (secondary N) is 1. The maximum atomic E-state index is 11.6. The Bertz CT molecular complexity index is 651. The first-order valence-electron chi connectivity index (χ1n) is 6.06.